The number of anilines is 7. The Kier molecular flexibility index (Phi) is 29.1. The molecule has 0 aromatic carbocycles. The van der Waals surface area contributed by atoms with E-state index in [0.29, 0.717) is 73.2 Å². The van der Waals surface area contributed by atoms with Gasteiger partial charge >= 0.3 is 30.0 Å². The summed E-state index contributed by atoms with van der Waals surface area (Å²) < 4.78 is 25.6. The molecule has 0 unspecified atom stereocenters. The monoisotopic (exact) mass is 1100 g/mol. The number of aryl methyl sites for hydroxylation is 4. The summed E-state index contributed by atoms with van der Waals surface area (Å²) in [5.74, 6) is 4.11. The van der Waals surface area contributed by atoms with Crippen molar-refractivity contribution in [3.8, 4) is 0 Å². The SMILES string of the molecule is Brc1ccccn1.C.CCOC(=O)CCCCCCN(c1ccccn1)c1nc(C)no1.Cc1noc(N(CCCCCCC(=O)NO)c2ccccn2)n1.Cc1noc(N)n1.Cc1noc(Nc2ccccn2)n1. The maximum atomic E-state index is 11.3. The van der Waals surface area contributed by atoms with E-state index >= 15 is 0 Å². The summed E-state index contributed by atoms with van der Waals surface area (Å²) >= 11 is 3.20. The van der Waals surface area contributed by atoms with Crippen LogP contribution in [0.4, 0.5) is 41.5 Å². The number of esters is 1. The first kappa shape index (κ1) is 61.0. The lowest BCUT2D eigenvalue weighted by atomic mass is 10.1. The maximum absolute atomic E-state index is 11.3. The number of nitrogens with two attached hydrogens (primary N) is 1. The summed E-state index contributed by atoms with van der Waals surface area (Å²) in [4.78, 5) is 58.8. The molecular weight excluding hydrogens is 1030 g/mol. The molecule has 25 nitrogen and oxygen atoms in total. The third-order valence-corrected chi connectivity index (χ3v) is 9.89. The zero-order chi connectivity index (χ0) is 53.2. The molecule has 402 valence electrons. The van der Waals surface area contributed by atoms with Crippen LogP contribution >= 0.6 is 15.9 Å². The molecule has 26 heteroatoms. The molecule has 5 N–H and O–H groups in total. The lowest BCUT2D eigenvalue weighted by Gasteiger charge is -2.18. The number of nitrogens with one attached hydrogen (secondary N) is 2. The Labute approximate surface area is 443 Å². The first-order valence-electron chi connectivity index (χ1n) is 23.6. The maximum Gasteiger partial charge on any atom is 0.329 e. The van der Waals surface area contributed by atoms with Gasteiger partial charge in [-0.05, 0) is 125 Å². The minimum absolute atomic E-state index is 0. The number of hydrogen-bond acceptors (Lipinski definition) is 24. The Hall–Kier alpha value is -8.26. The summed E-state index contributed by atoms with van der Waals surface area (Å²) in [6.45, 7) is 10.7. The zero-order valence-electron chi connectivity index (χ0n) is 42.0. The van der Waals surface area contributed by atoms with E-state index < -0.39 is 0 Å². The van der Waals surface area contributed by atoms with Gasteiger partial charge in [0.05, 0.1) is 6.61 Å². The molecular formula is C49H66BrN17O8. The van der Waals surface area contributed by atoms with Crippen LogP contribution in [0.5, 0.6) is 0 Å². The summed E-state index contributed by atoms with van der Waals surface area (Å²) in [5, 5.41) is 26.0. The number of hydrogen-bond donors (Lipinski definition) is 4. The number of nitrogens with zero attached hydrogens (tertiary/aromatic N) is 14. The normalized spacial score (nSPS) is 10.0. The van der Waals surface area contributed by atoms with Gasteiger partial charge in [0.1, 0.15) is 22.1 Å². The van der Waals surface area contributed by atoms with Gasteiger partial charge in [-0.2, -0.15) is 19.9 Å². The lowest BCUT2D eigenvalue weighted by molar-refractivity contribution is -0.143. The van der Waals surface area contributed by atoms with Crippen LogP contribution < -0.4 is 26.3 Å². The molecule has 0 aliphatic carbocycles. The highest BCUT2D eigenvalue weighted by Gasteiger charge is 2.18. The molecule has 1 amide bonds. The molecule has 0 spiro atoms. The zero-order valence-corrected chi connectivity index (χ0v) is 43.5. The van der Waals surface area contributed by atoms with Gasteiger partial charge in [-0.3, -0.25) is 29.9 Å². The van der Waals surface area contributed by atoms with Crippen molar-refractivity contribution in [1.82, 2.24) is 66.0 Å². The predicted octanol–water partition coefficient (Wildman–Crippen LogP) is 9.75. The number of ether oxygens (including phenoxy) is 1. The number of rotatable bonds is 21. The fourth-order valence-electron chi connectivity index (χ4n) is 6.07. The molecule has 8 aromatic rings. The minimum Gasteiger partial charge on any atom is -0.466 e. The molecule has 0 aliphatic heterocycles. The van der Waals surface area contributed by atoms with Gasteiger partial charge in [-0.25, -0.2) is 25.4 Å². The van der Waals surface area contributed by atoms with Gasteiger partial charge in [0.2, 0.25) is 5.91 Å². The van der Waals surface area contributed by atoms with Crippen molar-refractivity contribution in [3.63, 3.8) is 0 Å². The van der Waals surface area contributed by atoms with Gasteiger partial charge in [0.15, 0.2) is 23.3 Å². The predicted molar refractivity (Wildman–Crippen MR) is 282 cm³/mol. The van der Waals surface area contributed by atoms with E-state index in [-0.39, 0.29) is 25.3 Å². The molecule has 8 heterocycles. The molecule has 8 rings (SSSR count). The van der Waals surface area contributed by atoms with Gasteiger partial charge in [0.25, 0.3) is 0 Å². The highest BCUT2D eigenvalue weighted by atomic mass is 79.9. The van der Waals surface area contributed by atoms with Gasteiger partial charge in [-0.15, -0.1) is 0 Å². The number of carbonyl (C=O) groups excluding carboxylic acids is 2. The van der Waals surface area contributed by atoms with Crippen LogP contribution in [0.3, 0.4) is 0 Å². The average molecular weight is 1100 g/mol. The number of nitrogen functional groups attached to an aromatic ring is 1. The molecule has 0 saturated heterocycles. The van der Waals surface area contributed by atoms with E-state index in [4.69, 9.17) is 29.2 Å². The fourth-order valence-corrected chi connectivity index (χ4v) is 6.35. The van der Waals surface area contributed by atoms with E-state index in [1.807, 2.05) is 89.5 Å². The van der Waals surface area contributed by atoms with Gasteiger partial charge in [0, 0.05) is 50.7 Å². The quantitative estimate of drug-likeness (QED) is 0.0171. The number of aromatic nitrogens is 12. The van der Waals surface area contributed by atoms with Crippen LogP contribution in [0.25, 0.3) is 0 Å². The summed E-state index contributed by atoms with van der Waals surface area (Å²) in [6.07, 6.45) is 15.0. The van der Waals surface area contributed by atoms with Crippen LogP contribution in [0.1, 0.15) is 102 Å². The molecule has 0 saturated carbocycles. The molecule has 0 fully saturated rings. The Bertz CT molecular complexity index is 2700. The molecule has 0 bridgehead atoms. The number of carbonyl (C=O) groups is 2. The van der Waals surface area contributed by atoms with E-state index in [1.165, 1.54) is 0 Å². The van der Waals surface area contributed by atoms with E-state index in [9.17, 15) is 9.59 Å². The second kappa shape index (κ2) is 35.8. The average Bonchev–Trinajstić information content (AvgIpc) is 4.24. The van der Waals surface area contributed by atoms with Crippen LogP contribution in [-0.2, 0) is 14.3 Å². The number of amides is 1. The van der Waals surface area contributed by atoms with E-state index in [1.54, 1.807) is 58.0 Å². The fraction of sp³-hybridized carbons (Fsp3) is 0.388. The van der Waals surface area contributed by atoms with Crippen molar-refractivity contribution >= 4 is 69.3 Å². The van der Waals surface area contributed by atoms with Crippen molar-refractivity contribution in [3.05, 3.63) is 125 Å². The van der Waals surface area contributed by atoms with Crippen LogP contribution in [0, 0.1) is 27.7 Å². The standard InChI is InChI=1S/C17H24N4O3.C15H21N5O3.C8H8N4O.C5H4BrN.C3H5N3O.CH4/c1-3-23-16(22)11-6-4-5-9-13-21(15-10-7-8-12-18-15)17-19-14(2)20-24-17;1-12-17-15(23-19-12)20(13-8-5-6-10-16-13)11-7-3-2-4-9-14(21)18-22;1-6-10-8(13-12-6)11-7-4-2-3-5-9-7;6-5-3-1-2-4-7-5;1-2-5-3(4)7-6-2;/h7-8,10,12H,3-6,9,11,13H2,1-2H3;5-6,8,10,22H,2-4,7,9,11H2,1H3,(H,18,21);2-5H,1H3,(H,9,10,11,12);1-4H;1H3,(H2,4,5,6);1H4. The third kappa shape index (κ3) is 25.3. The van der Waals surface area contributed by atoms with Gasteiger partial charge in [-0.1, -0.05) is 78.0 Å². The van der Waals surface area contributed by atoms with Crippen molar-refractivity contribution in [1.29, 1.82) is 0 Å². The van der Waals surface area contributed by atoms with Crippen molar-refractivity contribution in [2.24, 2.45) is 0 Å². The van der Waals surface area contributed by atoms with Crippen LogP contribution in [-0.4, -0.2) is 97.3 Å². The van der Waals surface area contributed by atoms with Crippen LogP contribution in [0.15, 0.2) is 120 Å². The number of halogens is 1. The minimum atomic E-state index is -0.346. The second-order valence-corrected chi connectivity index (χ2v) is 16.2. The first-order chi connectivity index (χ1) is 35.9. The van der Waals surface area contributed by atoms with Crippen molar-refractivity contribution in [2.45, 2.75) is 106 Å². The number of hydroxylamine groups is 1. The number of unbranched alkanes of at least 4 members (excludes halogenated alkanes) is 6. The Morgan fingerprint density at radius 2 is 1.08 bits per heavy atom. The van der Waals surface area contributed by atoms with Gasteiger partial charge < -0.3 is 28.6 Å². The molecule has 0 atom stereocenters. The largest absolute Gasteiger partial charge is 0.466 e. The van der Waals surface area contributed by atoms with Crippen molar-refractivity contribution in [2.75, 3.05) is 40.5 Å². The molecule has 8 aromatic heterocycles. The summed E-state index contributed by atoms with van der Waals surface area (Å²) in [7, 11) is 0. The third-order valence-electron chi connectivity index (χ3n) is 9.42. The number of pyridine rings is 4. The Morgan fingerprint density at radius 3 is 1.45 bits per heavy atom. The molecule has 0 radical (unpaired) electrons. The smallest absolute Gasteiger partial charge is 0.329 e. The highest BCUT2D eigenvalue weighted by Crippen LogP contribution is 2.24. The Balaban J connectivity index is 0.000000266. The first-order valence-corrected chi connectivity index (χ1v) is 24.4. The molecule has 75 heavy (non-hydrogen) atoms. The summed E-state index contributed by atoms with van der Waals surface area (Å²) in [6, 6.07) is 24.0. The lowest BCUT2D eigenvalue weighted by Crippen LogP contribution is -2.20. The molecule has 0 aliphatic rings. The second-order valence-electron chi connectivity index (χ2n) is 15.4. The van der Waals surface area contributed by atoms with Crippen molar-refractivity contribution < 1.29 is 37.6 Å². The highest BCUT2D eigenvalue weighted by molar-refractivity contribution is 9.10. The Morgan fingerprint density at radius 1 is 0.600 bits per heavy atom. The van der Waals surface area contributed by atoms with Crippen LogP contribution in [0.2, 0.25) is 0 Å². The van der Waals surface area contributed by atoms with E-state index in [0.717, 1.165) is 74.2 Å². The summed E-state index contributed by atoms with van der Waals surface area (Å²) in [5.41, 5.74) is 6.67. The topological polar surface area (TPSA) is 327 Å². The van der Waals surface area contributed by atoms with E-state index in [2.05, 4.69) is 86.3 Å².